The minimum Gasteiger partial charge on any atom is -0.397 e. The molecular formula is C13H19N3O2. The Morgan fingerprint density at radius 1 is 1.67 bits per heavy atom. The molecule has 1 atom stereocenters. The third-order valence-electron chi connectivity index (χ3n) is 3.28. The SMILES string of the molecule is Cc1ncc(N)cc1C(=O)NCC1(C)CCCO1. The number of hydrogen-bond donors (Lipinski definition) is 2. The zero-order chi connectivity index (χ0) is 13.2. The van der Waals surface area contributed by atoms with Gasteiger partial charge in [-0.1, -0.05) is 0 Å². The molecule has 5 heteroatoms. The van der Waals surface area contributed by atoms with Crippen LogP contribution >= 0.6 is 0 Å². The number of nitrogen functional groups attached to an aromatic ring is 1. The maximum atomic E-state index is 12.1. The molecular weight excluding hydrogens is 230 g/mol. The van der Waals surface area contributed by atoms with Gasteiger partial charge in [0, 0.05) is 13.2 Å². The lowest BCUT2D eigenvalue weighted by Crippen LogP contribution is -2.40. The summed E-state index contributed by atoms with van der Waals surface area (Å²) in [5.74, 6) is -0.149. The van der Waals surface area contributed by atoms with Crippen molar-refractivity contribution in [1.82, 2.24) is 10.3 Å². The number of aryl methyl sites for hydroxylation is 1. The maximum absolute atomic E-state index is 12.1. The van der Waals surface area contributed by atoms with Gasteiger partial charge in [0.2, 0.25) is 0 Å². The highest BCUT2D eigenvalue weighted by molar-refractivity contribution is 5.95. The smallest absolute Gasteiger partial charge is 0.253 e. The topological polar surface area (TPSA) is 77.2 Å². The normalized spacial score (nSPS) is 23.0. The van der Waals surface area contributed by atoms with Gasteiger partial charge in [-0.15, -0.1) is 0 Å². The molecule has 1 amide bonds. The number of anilines is 1. The van der Waals surface area contributed by atoms with Crippen LogP contribution in [0.15, 0.2) is 12.3 Å². The van der Waals surface area contributed by atoms with Crippen molar-refractivity contribution in [3.63, 3.8) is 0 Å². The van der Waals surface area contributed by atoms with Gasteiger partial charge in [0.15, 0.2) is 0 Å². The van der Waals surface area contributed by atoms with E-state index in [-0.39, 0.29) is 11.5 Å². The van der Waals surface area contributed by atoms with Crippen LogP contribution in [-0.4, -0.2) is 29.6 Å². The van der Waals surface area contributed by atoms with Gasteiger partial charge in [-0.25, -0.2) is 0 Å². The quantitative estimate of drug-likeness (QED) is 0.845. The number of nitrogens with zero attached hydrogens (tertiary/aromatic N) is 1. The van der Waals surface area contributed by atoms with Crippen molar-refractivity contribution in [2.75, 3.05) is 18.9 Å². The van der Waals surface area contributed by atoms with Gasteiger partial charge in [-0.2, -0.15) is 0 Å². The van der Waals surface area contributed by atoms with Gasteiger partial charge >= 0.3 is 0 Å². The van der Waals surface area contributed by atoms with Crippen molar-refractivity contribution in [2.24, 2.45) is 0 Å². The number of pyridine rings is 1. The van der Waals surface area contributed by atoms with E-state index in [0.29, 0.717) is 23.5 Å². The molecule has 18 heavy (non-hydrogen) atoms. The van der Waals surface area contributed by atoms with E-state index in [1.165, 1.54) is 0 Å². The molecule has 0 aromatic carbocycles. The average molecular weight is 249 g/mol. The second-order valence-electron chi connectivity index (χ2n) is 4.99. The molecule has 0 radical (unpaired) electrons. The van der Waals surface area contributed by atoms with Crippen LogP contribution in [0.2, 0.25) is 0 Å². The maximum Gasteiger partial charge on any atom is 0.253 e. The number of hydrogen-bond acceptors (Lipinski definition) is 4. The first-order valence-corrected chi connectivity index (χ1v) is 6.14. The highest BCUT2D eigenvalue weighted by Gasteiger charge is 2.30. The lowest BCUT2D eigenvalue weighted by atomic mass is 10.0. The van der Waals surface area contributed by atoms with Gasteiger partial charge in [0.25, 0.3) is 5.91 Å². The monoisotopic (exact) mass is 249 g/mol. The standard InChI is InChI=1S/C13H19N3O2/c1-9-11(6-10(14)7-15-9)12(17)16-8-13(2)4-3-5-18-13/h6-7H,3-5,8,14H2,1-2H3,(H,16,17). The van der Waals surface area contributed by atoms with Crippen LogP contribution in [0, 0.1) is 6.92 Å². The lowest BCUT2D eigenvalue weighted by Gasteiger charge is -2.23. The van der Waals surface area contributed by atoms with Gasteiger partial charge in [0.1, 0.15) is 0 Å². The molecule has 98 valence electrons. The Kier molecular flexibility index (Phi) is 3.52. The summed E-state index contributed by atoms with van der Waals surface area (Å²) in [7, 11) is 0. The van der Waals surface area contributed by atoms with E-state index < -0.39 is 0 Å². The largest absolute Gasteiger partial charge is 0.397 e. The second-order valence-corrected chi connectivity index (χ2v) is 4.99. The molecule has 1 aromatic rings. The number of amides is 1. The predicted octanol–water partition coefficient (Wildman–Crippen LogP) is 1.27. The van der Waals surface area contributed by atoms with Crippen LogP contribution in [0.5, 0.6) is 0 Å². The van der Waals surface area contributed by atoms with Gasteiger partial charge in [-0.05, 0) is 32.8 Å². The summed E-state index contributed by atoms with van der Waals surface area (Å²) in [5, 5.41) is 2.89. The van der Waals surface area contributed by atoms with E-state index in [2.05, 4.69) is 10.3 Å². The van der Waals surface area contributed by atoms with E-state index in [1.807, 2.05) is 6.92 Å². The summed E-state index contributed by atoms with van der Waals surface area (Å²) < 4.78 is 5.63. The molecule has 0 saturated carbocycles. The Hall–Kier alpha value is -1.62. The Morgan fingerprint density at radius 3 is 3.11 bits per heavy atom. The van der Waals surface area contributed by atoms with Crippen molar-refractivity contribution in [2.45, 2.75) is 32.3 Å². The lowest BCUT2D eigenvalue weighted by molar-refractivity contribution is 0.0206. The number of nitrogens with one attached hydrogen (secondary N) is 1. The van der Waals surface area contributed by atoms with Crippen LogP contribution in [-0.2, 0) is 4.74 Å². The molecule has 5 nitrogen and oxygen atoms in total. The second kappa shape index (κ2) is 4.94. The molecule has 0 aliphatic carbocycles. The fourth-order valence-corrected chi connectivity index (χ4v) is 2.12. The summed E-state index contributed by atoms with van der Waals surface area (Å²) in [6.07, 6.45) is 3.57. The predicted molar refractivity (Wildman–Crippen MR) is 69.3 cm³/mol. The first kappa shape index (κ1) is 12.8. The number of ether oxygens (including phenoxy) is 1. The van der Waals surface area contributed by atoms with E-state index in [1.54, 1.807) is 19.2 Å². The number of rotatable bonds is 3. The third kappa shape index (κ3) is 2.79. The molecule has 0 spiro atoms. The summed E-state index contributed by atoms with van der Waals surface area (Å²) >= 11 is 0. The van der Waals surface area contributed by atoms with Crippen molar-refractivity contribution >= 4 is 11.6 Å². The third-order valence-corrected chi connectivity index (χ3v) is 3.28. The van der Waals surface area contributed by atoms with Crippen molar-refractivity contribution in [3.8, 4) is 0 Å². The Bertz CT molecular complexity index is 454. The number of nitrogens with two attached hydrogens (primary N) is 1. The Morgan fingerprint density at radius 2 is 2.44 bits per heavy atom. The molecule has 2 heterocycles. The van der Waals surface area contributed by atoms with E-state index >= 15 is 0 Å². The zero-order valence-corrected chi connectivity index (χ0v) is 10.8. The minimum atomic E-state index is -0.239. The molecule has 1 aliphatic rings. The van der Waals surface area contributed by atoms with E-state index in [4.69, 9.17) is 10.5 Å². The summed E-state index contributed by atoms with van der Waals surface area (Å²) in [5.41, 5.74) is 7.10. The highest BCUT2D eigenvalue weighted by atomic mass is 16.5. The van der Waals surface area contributed by atoms with E-state index in [0.717, 1.165) is 19.4 Å². The first-order valence-electron chi connectivity index (χ1n) is 6.14. The van der Waals surface area contributed by atoms with Crippen molar-refractivity contribution in [1.29, 1.82) is 0 Å². The van der Waals surface area contributed by atoms with Crippen LogP contribution in [0.3, 0.4) is 0 Å². The highest BCUT2D eigenvalue weighted by Crippen LogP contribution is 2.24. The van der Waals surface area contributed by atoms with Crippen LogP contribution in [0.25, 0.3) is 0 Å². The summed E-state index contributed by atoms with van der Waals surface area (Å²) in [6, 6.07) is 1.65. The fraction of sp³-hybridized carbons (Fsp3) is 0.538. The fourth-order valence-electron chi connectivity index (χ4n) is 2.12. The van der Waals surface area contributed by atoms with Gasteiger partial charge in [-0.3, -0.25) is 9.78 Å². The molecule has 1 unspecified atom stereocenters. The van der Waals surface area contributed by atoms with E-state index in [9.17, 15) is 4.79 Å². The zero-order valence-electron chi connectivity index (χ0n) is 10.8. The van der Waals surface area contributed by atoms with Crippen LogP contribution in [0.1, 0.15) is 35.8 Å². The van der Waals surface area contributed by atoms with Gasteiger partial charge < -0.3 is 15.8 Å². The molecule has 1 aromatic heterocycles. The number of carbonyl (C=O) groups is 1. The molecule has 3 N–H and O–H groups in total. The average Bonchev–Trinajstić information content (AvgIpc) is 2.77. The molecule has 2 rings (SSSR count). The molecule has 0 bridgehead atoms. The van der Waals surface area contributed by atoms with Crippen LogP contribution < -0.4 is 11.1 Å². The van der Waals surface area contributed by atoms with Gasteiger partial charge in [0.05, 0.1) is 28.7 Å². The summed E-state index contributed by atoms with van der Waals surface area (Å²) in [4.78, 5) is 16.1. The minimum absolute atomic E-state index is 0.149. The number of carbonyl (C=O) groups excluding carboxylic acids is 1. The molecule has 1 fully saturated rings. The Balaban J connectivity index is 2.01. The summed E-state index contributed by atoms with van der Waals surface area (Å²) in [6.45, 7) is 5.10. The first-order chi connectivity index (χ1) is 8.50. The molecule has 1 aliphatic heterocycles. The Labute approximate surface area is 107 Å². The van der Waals surface area contributed by atoms with Crippen LogP contribution in [0.4, 0.5) is 5.69 Å². The molecule has 1 saturated heterocycles. The van der Waals surface area contributed by atoms with Crippen molar-refractivity contribution in [3.05, 3.63) is 23.5 Å². The number of aromatic nitrogens is 1. The van der Waals surface area contributed by atoms with Crippen molar-refractivity contribution < 1.29 is 9.53 Å².